The Morgan fingerprint density at radius 3 is 2.26 bits per heavy atom. The SMILES string of the molecule is C/C=C/Oc1ccc(OCc2ccc(C3CCC(CCCCC)CC3)cc2)c(F)c1F. The summed E-state index contributed by atoms with van der Waals surface area (Å²) in [7, 11) is 0. The summed E-state index contributed by atoms with van der Waals surface area (Å²) < 4.78 is 38.9. The first kappa shape index (κ1) is 23.3. The molecule has 168 valence electrons. The lowest BCUT2D eigenvalue weighted by Crippen LogP contribution is -2.13. The van der Waals surface area contributed by atoms with Gasteiger partial charge in [0.1, 0.15) is 6.61 Å². The van der Waals surface area contributed by atoms with Gasteiger partial charge < -0.3 is 9.47 Å². The van der Waals surface area contributed by atoms with Crippen LogP contribution in [0.3, 0.4) is 0 Å². The van der Waals surface area contributed by atoms with Crippen molar-refractivity contribution in [2.75, 3.05) is 0 Å². The van der Waals surface area contributed by atoms with Gasteiger partial charge in [0, 0.05) is 0 Å². The van der Waals surface area contributed by atoms with E-state index in [-0.39, 0.29) is 18.1 Å². The molecule has 2 aromatic rings. The van der Waals surface area contributed by atoms with Crippen LogP contribution in [0.25, 0.3) is 0 Å². The first-order chi connectivity index (χ1) is 15.1. The van der Waals surface area contributed by atoms with E-state index in [1.807, 2.05) is 12.1 Å². The summed E-state index contributed by atoms with van der Waals surface area (Å²) in [6, 6.07) is 11.1. The van der Waals surface area contributed by atoms with E-state index >= 15 is 0 Å². The monoisotopic (exact) mass is 428 g/mol. The Hall–Kier alpha value is -2.36. The van der Waals surface area contributed by atoms with Crippen LogP contribution in [0.2, 0.25) is 0 Å². The third-order valence-corrected chi connectivity index (χ3v) is 6.25. The van der Waals surface area contributed by atoms with Gasteiger partial charge in [-0.05, 0) is 67.7 Å². The molecule has 2 nitrogen and oxygen atoms in total. The van der Waals surface area contributed by atoms with Gasteiger partial charge in [-0.2, -0.15) is 8.78 Å². The molecule has 0 unspecified atom stereocenters. The second-order valence-corrected chi connectivity index (χ2v) is 8.52. The number of ether oxygens (including phenoxy) is 2. The fourth-order valence-electron chi connectivity index (χ4n) is 4.37. The molecule has 0 atom stereocenters. The van der Waals surface area contributed by atoms with Gasteiger partial charge in [0.15, 0.2) is 11.5 Å². The van der Waals surface area contributed by atoms with Crippen molar-refractivity contribution in [2.24, 2.45) is 5.92 Å². The summed E-state index contributed by atoms with van der Waals surface area (Å²) in [4.78, 5) is 0. The van der Waals surface area contributed by atoms with Crippen LogP contribution < -0.4 is 9.47 Å². The predicted octanol–water partition coefficient (Wildman–Crippen LogP) is 8.31. The van der Waals surface area contributed by atoms with Crippen molar-refractivity contribution in [3.63, 3.8) is 0 Å². The summed E-state index contributed by atoms with van der Waals surface area (Å²) >= 11 is 0. The Labute approximate surface area is 185 Å². The van der Waals surface area contributed by atoms with Crippen molar-refractivity contribution in [1.82, 2.24) is 0 Å². The lowest BCUT2D eigenvalue weighted by molar-refractivity contribution is 0.281. The Morgan fingerprint density at radius 2 is 1.58 bits per heavy atom. The highest BCUT2D eigenvalue weighted by Gasteiger charge is 2.22. The van der Waals surface area contributed by atoms with Crippen LogP contribution >= 0.6 is 0 Å². The van der Waals surface area contributed by atoms with E-state index < -0.39 is 11.6 Å². The molecule has 4 heteroatoms. The molecular formula is C27H34F2O2. The molecular weight excluding hydrogens is 394 g/mol. The zero-order chi connectivity index (χ0) is 22.1. The highest BCUT2D eigenvalue weighted by molar-refractivity contribution is 5.35. The average molecular weight is 429 g/mol. The summed E-state index contributed by atoms with van der Waals surface area (Å²) in [5, 5.41) is 0. The largest absolute Gasteiger partial charge is 0.486 e. The minimum absolute atomic E-state index is 0.115. The van der Waals surface area contributed by atoms with Crippen LogP contribution in [-0.2, 0) is 6.61 Å². The summed E-state index contributed by atoms with van der Waals surface area (Å²) in [6.07, 6.45) is 13.5. The van der Waals surface area contributed by atoms with Crippen molar-refractivity contribution < 1.29 is 18.3 Å². The number of rotatable bonds is 10. The standard InChI is InChI=1S/C27H34F2O2/c1-3-5-6-7-20-8-12-22(13-9-20)23-14-10-21(11-15-23)19-31-25-17-16-24(30-18-4-2)26(28)27(25)29/h4,10-11,14-18,20,22H,3,5-9,12-13,19H2,1-2H3/b18-4+. The van der Waals surface area contributed by atoms with Gasteiger partial charge in [0.2, 0.25) is 11.6 Å². The van der Waals surface area contributed by atoms with Crippen LogP contribution in [0, 0.1) is 17.6 Å². The molecule has 31 heavy (non-hydrogen) atoms. The highest BCUT2D eigenvalue weighted by Crippen LogP contribution is 2.38. The van der Waals surface area contributed by atoms with E-state index in [2.05, 4.69) is 19.1 Å². The van der Waals surface area contributed by atoms with E-state index in [0.29, 0.717) is 5.92 Å². The maximum atomic E-state index is 14.2. The minimum Gasteiger partial charge on any atom is -0.486 e. The van der Waals surface area contributed by atoms with Gasteiger partial charge in [-0.1, -0.05) is 62.9 Å². The Kier molecular flexibility index (Phi) is 8.93. The van der Waals surface area contributed by atoms with Crippen molar-refractivity contribution in [3.05, 3.63) is 71.5 Å². The van der Waals surface area contributed by atoms with Gasteiger partial charge >= 0.3 is 0 Å². The molecule has 0 N–H and O–H groups in total. The Balaban J connectivity index is 1.51. The van der Waals surface area contributed by atoms with Crippen LogP contribution in [0.5, 0.6) is 11.5 Å². The molecule has 1 aliphatic rings. The molecule has 0 amide bonds. The molecule has 1 aliphatic carbocycles. The molecule has 1 saturated carbocycles. The third-order valence-electron chi connectivity index (χ3n) is 6.25. The maximum Gasteiger partial charge on any atom is 0.205 e. The molecule has 0 bridgehead atoms. The minimum atomic E-state index is -1.05. The molecule has 0 aromatic heterocycles. The van der Waals surface area contributed by atoms with E-state index in [1.165, 1.54) is 75.3 Å². The topological polar surface area (TPSA) is 18.5 Å². The van der Waals surface area contributed by atoms with E-state index in [1.54, 1.807) is 13.0 Å². The molecule has 0 spiro atoms. The van der Waals surface area contributed by atoms with Crippen LogP contribution in [0.4, 0.5) is 8.78 Å². The number of benzene rings is 2. The predicted molar refractivity (Wildman–Crippen MR) is 121 cm³/mol. The zero-order valence-electron chi connectivity index (χ0n) is 18.7. The van der Waals surface area contributed by atoms with Crippen molar-refractivity contribution >= 4 is 0 Å². The smallest absolute Gasteiger partial charge is 0.205 e. The summed E-state index contributed by atoms with van der Waals surface area (Å²) in [5.41, 5.74) is 2.31. The van der Waals surface area contributed by atoms with Crippen molar-refractivity contribution in [1.29, 1.82) is 0 Å². The first-order valence-electron chi connectivity index (χ1n) is 11.6. The Morgan fingerprint density at radius 1 is 0.903 bits per heavy atom. The number of allylic oxidation sites excluding steroid dienone is 1. The number of unbranched alkanes of at least 4 members (excludes halogenated alkanes) is 2. The molecule has 0 radical (unpaired) electrons. The zero-order valence-corrected chi connectivity index (χ0v) is 18.7. The van der Waals surface area contributed by atoms with Crippen molar-refractivity contribution in [2.45, 2.75) is 77.7 Å². The van der Waals surface area contributed by atoms with Crippen LogP contribution in [-0.4, -0.2) is 0 Å². The highest BCUT2D eigenvalue weighted by atomic mass is 19.2. The van der Waals surface area contributed by atoms with Crippen LogP contribution in [0.1, 0.15) is 82.3 Å². The molecule has 0 aliphatic heterocycles. The van der Waals surface area contributed by atoms with Gasteiger partial charge in [0.05, 0.1) is 6.26 Å². The van der Waals surface area contributed by atoms with Crippen LogP contribution in [0.15, 0.2) is 48.7 Å². The number of hydrogen-bond donors (Lipinski definition) is 0. The summed E-state index contributed by atoms with van der Waals surface area (Å²) in [6.45, 7) is 4.18. The lowest BCUT2D eigenvalue weighted by atomic mass is 9.77. The van der Waals surface area contributed by atoms with Crippen molar-refractivity contribution in [3.8, 4) is 11.5 Å². The van der Waals surface area contributed by atoms with Gasteiger partial charge in [-0.25, -0.2) is 0 Å². The van der Waals surface area contributed by atoms with E-state index in [9.17, 15) is 8.78 Å². The van der Waals surface area contributed by atoms with Gasteiger partial charge in [0.25, 0.3) is 0 Å². The van der Waals surface area contributed by atoms with Gasteiger partial charge in [-0.15, -0.1) is 0 Å². The molecule has 2 aromatic carbocycles. The molecule has 0 saturated heterocycles. The normalized spacial score (nSPS) is 19.0. The average Bonchev–Trinajstić information content (AvgIpc) is 2.80. The van der Waals surface area contributed by atoms with E-state index in [0.717, 1.165) is 11.5 Å². The fraction of sp³-hybridized carbons (Fsp3) is 0.481. The number of hydrogen-bond acceptors (Lipinski definition) is 2. The van der Waals surface area contributed by atoms with E-state index in [4.69, 9.17) is 9.47 Å². The second kappa shape index (κ2) is 11.9. The lowest BCUT2D eigenvalue weighted by Gasteiger charge is -2.29. The molecule has 0 heterocycles. The summed E-state index contributed by atoms with van der Waals surface area (Å²) in [5.74, 6) is -0.817. The molecule has 3 rings (SSSR count). The number of halogens is 2. The second-order valence-electron chi connectivity index (χ2n) is 8.52. The van der Waals surface area contributed by atoms with Gasteiger partial charge in [-0.3, -0.25) is 0 Å². The fourth-order valence-corrected chi connectivity index (χ4v) is 4.37. The maximum absolute atomic E-state index is 14.2. The Bertz CT molecular complexity index is 837. The molecule has 1 fully saturated rings. The quantitative estimate of drug-likeness (QED) is 0.280. The first-order valence-corrected chi connectivity index (χ1v) is 11.6. The third kappa shape index (κ3) is 6.56.